The van der Waals surface area contributed by atoms with Gasteiger partial charge in [-0.05, 0) is 23.3 Å². The Labute approximate surface area is 120 Å². The van der Waals surface area contributed by atoms with Crippen LogP contribution in [0, 0.1) is 0 Å². The highest BCUT2D eigenvalue weighted by Gasteiger charge is 2.28. The summed E-state index contributed by atoms with van der Waals surface area (Å²) in [6.45, 7) is 2.07. The molecule has 0 radical (unpaired) electrons. The van der Waals surface area contributed by atoms with Gasteiger partial charge in [0.15, 0.2) is 5.82 Å². The number of aryl methyl sites for hydroxylation is 1. The molecule has 2 aromatic rings. The van der Waals surface area contributed by atoms with Crippen LogP contribution < -0.4 is 15.5 Å². The van der Waals surface area contributed by atoms with Gasteiger partial charge in [0.05, 0.1) is 5.52 Å². The van der Waals surface area contributed by atoms with Crippen molar-refractivity contribution in [1.82, 2.24) is 20.4 Å². The van der Waals surface area contributed by atoms with Gasteiger partial charge >= 0.3 is 6.03 Å². The van der Waals surface area contributed by atoms with Crippen LogP contribution in [0.1, 0.15) is 17.5 Å². The second-order valence-corrected chi connectivity index (χ2v) is 5.44. The van der Waals surface area contributed by atoms with Crippen LogP contribution in [0.2, 0.25) is 0 Å². The topological polar surface area (TPSA) is 79.3 Å². The third kappa shape index (κ3) is 1.81. The van der Waals surface area contributed by atoms with E-state index in [1.807, 2.05) is 7.05 Å². The number of amides is 3. The average molecular weight is 285 g/mol. The Morgan fingerprint density at radius 3 is 2.71 bits per heavy atom. The molecular weight excluding hydrogens is 270 g/mol. The number of aromatic nitrogens is 2. The first-order valence-electron chi connectivity index (χ1n) is 6.94. The van der Waals surface area contributed by atoms with E-state index in [4.69, 9.17) is 0 Å². The molecule has 1 saturated heterocycles. The molecule has 2 aliphatic rings. The maximum absolute atomic E-state index is 12.0. The van der Waals surface area contributed by atoms with Crippen LogP contribution in [0.5, 0.6) is 0 Å². The van der Waals surface area contributed by atoms with Gasteiger partial charge in [0.1, 0.15) is 0 Å². The molecule has 0 unspecified atom stereocenters. The van der Waals surface area contributed by atoms with Crippen molar-refractivity contribution in [2.45, 2.75) is 19.5 Å². The number of nitrogens with zero attached hydrogens (tertiary/aromatic N) is 3. The van der Waals surface area contributed by atoms with E-state index in [2.05, 4.69) is 27.9 Å². The number of rotatable bonds is 1. The lowest BCUT2D eigenvalue weighted by Crippen LogP contribution is -2.49. The molecule has 21 heavy (non-hydrogen) atoms. The first-order valence-corrected chi connectivity index (χ1v) is 6.94. The Morgan fingerprint density at radius 1 is 1.19 bits per heavy atom. The Hall–Kier alpha value is -2.41. The van der Waals surface area contributed by atoms with Gasteiger partial charge in [-0.1, -0.05) is 0 Å². The van der Waals surface area contributed by atoms with Crippen molar-refractivity contribution >= 4 is 28.7 Å². The predicted molar refractivity (Wildman–Crippen MR) is 76.8 cm³/mol. The number of fused-ring (bicyclic) bond motifs is 2. The maximum Gasteiger partial charge on any atom is 0.329 e. The van der Waals surface area contributed by atoms with E-state index in [0.29, 0.717) is 18.8 Å². The van der Waals surface area contributed by atoms with Gasteiger partial charge in [-0.2, -0.15) is 5.10 Å². The van der Waals surface area contributed by atoms with Crippen molar-refractivity contribution < 1.29 is 9.59 Å². The number of imide groups is 1. The quantitative estimate of drug-likeness (QED) is 0.805. The van der Waals surface area contributed by atoms with Gasteiger partial charge in [-0.3, -0.25) is 19.7 Å². The zero-order chi connectivity index (χ0) is 14.6. The summed E-state index contributed by atoms with van der Waals surface area (Å²) in [7, 11) is 1.87. The maximum atomic E-state index is 12.0. The summed E-state index contributed by atoms with van der Waals surface area (Å²) in [5.74, 6) is 0.383. The number of carbonyl (C=O) groups is 2. The van der Waals surface area contributed by atoms with Gasteiger partial charge in [-0.15, -0.1) is 0 Å². The second-order valence-electron chi connectivity index (χ2n) is 5.44. The normalized spacial score (nSPS) is 18.2. The zero-order valence-electron chi connectivity index (χ0n) is 11.6. The molecule has 0 atom stereocenters. The molecule has 3 amide bonds. The number of nitrogens with one attached hydrogen (secondary N) is 2. The molecule has 0 saturated carbocycles. The second kappa shape index (κ2) is 4.29. The highest BCUT2D eigenvalue weighted by molar-refractivity contribution is 6.09. The zero-order valence-corrected chi connectivity index (χ0v) is 11.6. The van der Waals surface area contributed by atoms with Crippen LogP contribution in [0.25, 0.3) is 10.9 Å². The van der Waals surface area contributed by atoms with Crippen molar-refractivity contribution in [3.05, 3.63) is 23.3 Å². The van der Waals surface area contributed by atoms with E-state index < -0.39 is 6.03 Å². The lowest BCUT2D eigenvalue weighted by Gasteiger charge is -2.24. The fourth-order valence-electron chi connectivity index (χ4n) is 3.00. The third-order valence-electron chi connectivity index (χ3n) is 4.09. The Kier molecular flexibility index (Phi) is 2.52. The lowest BCUT2D eigenvalue weighted by molar-refractivity contribution is -0.120. The number of hydrogen-bond donors (Lipinski definition) is 2. The number of anilines is 1. The summed E-state index contributed by atoms with van der Waals surface area (Å²) >= 11 is 0. The molecule has 1 aromatic carbocycles. The van der Waals surface area contributed by atoms with E-state index in [-0.39, 0.29) is 5.91 Å². The average Bonchev–Trinajstić information content (AvgIpc) is 3.02. The molecule has 0 bridgehead atoms. The van der Waals surface area contributed by atoms with Gasteiger partial charge < -0.3 is 5.32 Å². The van der Waals surface area contributed by atoms with Crippen molar-refractivity contribution in [2.75, 3.05) is 11.4 Å². The van der Waals surface area contributed by atoms with Gasteiger partial charge in [0.25, 0.3) is 0 Å². The standard InChI is InChI=1S/C14H15N5O2/c1-18-11-5-9-7-15-6-8(9)4-10(11)13(17-18)19-3-2-12(20)16-14(19)21/h4-5,15H,2-3,6-7H2,1H3,(H,16,20,21). The van der Waals surface area contributed by atoms with Crippen molar-refractivity contribution in [3.8, 4) is 0 Å². The Bertz CT molecular complexity index is 779. The van der Waals surface area contributed by atoms with Gasteiger partial charge in [-0.25, -0.2) is 4.79 Å². The smallest absolute Gasteiger partial charge is 0.309 e. The molecule has 3 heterocycles. The number of urea groups is 1. The van der Waals surface area contributed by atoms with Crippen LogP contribution in [-0.4, -0.2) is 28.3 Å². The van der Waals surface area contributed by atoms with E-state index in [9.17, 15) is 9.59 Å². The van der Waals surface area contributed by atoms with E-state index in [1.54, 1.807) is 9.58 Å². The Morgan fingerprint density at radius 2 is 1.95 bits per heavy atom. The highest BCUT2D eigenvalue weighted by atomic mass is 16.2. The summed E-state index contributed by atoms with van der Waals surface area (Å²) in [4.78, 5) is 24.8. The molecule has 7 heteroatoms. The summed E-state index contributed by atoms with van der Waals surface area (Å²) in [6, 6.07) is 3.81. The summed E-state index contributed by atoms with van der Waals surface area (Å²) in [5, 5.41) is 11.1. The summed E-state index contributed by atoms with van der Waals surface area (Å²) in [5.41, 5.74) is 3.51. The monoisotopic (exact) mass is 285 g/mol. The molecule has 0 spiro atoms. The van der Waals surface area contributed by atoms with Crippen LogP contribution in [-0.2, 0) is 24.9 Å². The molecule has 1 fully saturated rings. The Balaban J connectivity index is 1.85. The van der Waals surface area contributed by atoms with E-state index in [1.165, 1.54) is 11.1 Å². The number of carbonyl (C=O) groups excluding carboxylic acids is 2. The van der Waals surface area contributed by atoms with Crippen LogP contribution >= 0.6 is 0 Å². The van der Waals surface area contributed by atoms with Crippen LogP contribution in [0.4, 0.5) is 10.6 Å². The fraction of sp³-hybridized carbons (Fsp3) is 0.357. The highest BCUT2D eigenvalue weighted by Crippen LogP contribution is 2.31. The number of hydrogen-bond acceptors (Lipinski definition) is 4. The summed E-state index contributed by atoms with van der Waals surface area (Å²) in [6.07, 6.45) is 0.302. The van der Waals surface area contributed by atoms with Crippen molar-refractivity contribution in [3.63, 3.8) is 0 Å². The molecule has 2 aliphatic heterocycles. The minimum Gasteiger partial charge on any atom is -0.309 e. The van der Waals surface area contributed by atoms with Gasteiger partial charge in [0.2, 0.25) is 5.91 Å². The molecular formula is C14H15N5O2. The number of benzene rings is 1. The molecule has 108 valence electrons. The van der Waals surface area contributed by atoms with Crippen LogP contribution in [0.15, 0.2) is 12.1 Å². The van der Waals surface area contributed by atoms with Crippen molar-refractivity contribution in [2.24, 2.45) is 7.05 Å². The minimum absolute atomic E-state index is 0.235. The molecule has 7 nitrogen and oxygen atoms in total. The molecule has 4 rings (SSSR count). The van der Waals surface area contributed by atoms with Crippen molar-refractivity contribution in [1.29, 1.82) is 0 Å². The summed E-state index contributed by atoms with van der Waals surface area (Å²) < 4.78 is 1.78. The lowest BCUT2D eigenvalue weighted by atomic mass is 10.1. The SMILES string of the molecule is Cn1nc(N2CCC(=O)NC2=O)c2cc3c(cc21)CNC3. The largest absolute Gasteiger partial charge is 0.329 e. The van der Waals surface area contributed by atoms with Gasteiger partial charge in [0, 0.05) is 38.5 Å². The minimum atomic E-state index is -0.398. The van der Waals surface area contributed by atoms with E-state index >= 15 is 0 Å². The van der Waals surface area contributed by atoms with E-state index in [0.717, 1.165) is 24.0 Å². The molecule has 1 aromatic heterocycles. The fourth-order valence-corrected chi connectivity index (χ4v) is 3.00. The first kappa shape index (κ1) is 12.3. The predicted octanol–water partition coefficient (Wildman–Crippen LogP) is 0.623. The first-order chi connectivity index (χ1) is 10.1. The van der Waals surface area contributed by atoms with Crippen LogP contribution in [0.3, 0.4) is 0 Å². The molecule has 2 N–H and O–H groups in total. The third-order valence-corrected chi connectivity index (χ3v) is 4.09. The molecule has 0 aliphatic carbocycles.